The summed E-state index contributed by atoms with van der Waals surface area (Å²) in [6, 6.07) is 15.8. The van der Waals surface area contributed by atoms with E-state index in [4.69, 9.17) is 4.74 Å². The van der Waals surface area contributed by atoms with Crippen LogP contribution in [-0.4, -0.2) is 28.5 Å². The van der Waals surface area contributed by atoms with E-state index < -0.39 is 0 Å². The minimum atomic E-state index is -0.293. The molecule has 0 saturated heterocycles. The third-order valence-corrected chi connectivity index (χ3v) is 4.75. The summed E-state index contributed by atoms with van der Waals surface area (Å²) in [4.78, 5) is 23.5. The van der Waals surface area contributed by atoms with Crippen molar-refractivity contribution in [2.45, 2.75) is 26.3 Å². The molecule has 0 radical (unpaired) electrons. The third-order valence-electron chi connectivity index (χ3n) is 4.75. The van der Waals surface area contributed by atoms with Crippen LogP contribution in [0.5, 0.6) is 5.75 Å². The molecule has 1 aromatic heterocycles. The number of ether oxygens (including phenoxy) is 1. The fourth-order valence-corrected chi connectivity index (χ4v) is 3.47. The van der Waals surface area contributed by atoms with Crippen LogP contribution in [0.4, 0.5) is 17.2 Å². The van der Waals surface area contributed by atoms with Crippen molar-refractivity contribution in [3.63, 3.8) is 0 Å². The van der Waals surface area contributed by atoms with E-state index >= 15 is 0 Å². The van der Waals surface area contributed by atoms with Crippen LogP contribution in [0.25, 0.3) is 0 Å². The Kier molecular flexibility index (Phi) is 4.93. The lowest BCUT2D eigenvalue weighted by molar-refractivity contribution is 0.102. The second-order valence-electron chi connectivity index (χ2n) is 6.72. The van der Waals surface area contributed by atoms with Crippen molar-refractivity contribution in [2.24, 2.45) is 0 Å². The quantitative estimate of drug-likeness (QED) is 0.725. The van der Waals surface area contributed by atoms with Crippen LogP contribution in [0.3, 0.4) is 0 Å². The molecule has 1 atom stereocenters. The van der Waals surface area contributed by atoms with Gasteiger partial charge in [0.05, 0.1) is 19.0 Å². The Bertz CT molecular complexity index is 971. The summed E-state index contributed by atoms with van der Waals surface area (Å²) in [5, 5.41) is 2.83. The van der Waals surface area contributed by atoms with Gasteiger partial charge < -0.3 is 15.0 Å². The second kappa shape index (κ2) is 7.68. The van der Waals surface area contributed by atoms with Gasteiger partial charge >= 0.3 is 0 Å². The van der Waals surface area contributed by atoms with Gasteiger partial charge in [-0.3, -0.25) is 4.79 Å². The number of carbonyl (C=O) groups is 1. The number of rotatable bonds is 5. The van der Waals surface area contributed by atoms with E-state index in [0.717, 1.165) is 23.7 Å². The van der Waals surface area contributed by atoms with Crippen LogP contribution in [0, 0.1) is 0 Å². The number of anilines is 3. The maximum Gasteiger partial charge on any atom is 0.275 e. The van der Waals surface area contributed by atoms with Crippen LogP contribution in [0.1, 0.15) is 29.9 Å². The average Bonchev–Trinajstić information content (AvgIpc) is 3.05. The van der Waals surface area contributed by atoms with Crippen LogP contribution < -0.4 is 15.0 Å². The summed E-state index contributed by atoms with van der Waals surface area (Å²) >= 11 is 0. The van der Waals surface area contributed by atoms with Gasteiger partial charge in [-0.15, -0.1) is 0 Å². The number of para-hydroxylation sites is 1. The van der Waals surface area contributed by atoms with Gasteiger partial charge in [0.25, 0.3) is 5.91 Å². The topological polar surface area (TPSA) is 67.3 Å². The van der Waals surface area contributed by atoms with E-state index in [1.807, 2.05) is 25.1 Å². The monoisotopic (exact) mass is 374 g/mol. The van der Waals surface area contributed by atoms with E-state index in [2.05, 4.69) is 45.3 Å². The molecule has 0 aliphatic carbocycles. The molecule has 0 fully saturated rings. The molecule has 6 nitrogen and oxygen atoms in total. The Labute approximate surface area is 164 Å². The highest BCUT2D eigenvalue weighted by atomic mass is 16.5. The van der Waals surface area contributed by atoms with Crippen molar-refractivity contribution in [2.75, 3.05) is 16.8 Å². The van der Waals surface area contributed by atoms with Gasteiger partial charge in [-0.2, -0.15) is 0 Å². The Balaban J connectivity index is 1.48. The van der Waals surface area contributed by atoms with Crippen molar-refractivity contribution >= 4 is 23.1 Å². The zero-order valence-electron chi connectivity index (χ0n) is 15.9. The molecule has 1 N–H and O–H groups in total. The molecular formula is C22H22N4O2. The van der Waals surface area contributed by atoms with Crippen LogP contribution >= 0.6 is 0 Å². The highest BCUT2D eigenvalue weighted by Crippen LogP contribution is 2.36. The molecular weight excluding hydrogens is 352 g/mol. The molecule has 0 spiro atoms. The molecule has 2 heterocycles. The van der Waals surface area contributed by atoms with Crippen molar-refractivity contribution in [3.05, 3.63) is 72.2 Å². The number of nitrogens with one attached hydrogen (secondary N) is 1. The molecule has 1 aliphatic heterocycles. The van der Waals surface area contributed by atoms with Gasteiger partial charge in [0.15, 0.2) is 5.82 Å². The first-order valence-corrected chi connectivity index (χ1v) is 9.39. The second-order valence-corrected chi connectivity index (χ2v) is 6.72. The summed E-state index contributed by atoms with van der Waals surface area (Å²) in [6.45, 7) is 4.70. The average molecular weight is 374 g/mol. The van der Waals surface area contributed by atoms with Gasteiger partial charge in [-0.05, 0) is 56.2 Å². The van der Waals surface area contributed by atoms with Crippen LogP contribution in [-0.2, 0) is 6.42 Å². The van der Waals surface area contributed by atoms with Gasteiger partial charge in [0.2, 0.25) is 0 Å². The minimum Gasteiger partial charge on any atom is -0.494 e. The first-order valence-electron chi connectivity index (χ1n) is 9.39. The first-order chi connectivity index (χ1) is 13.7. The van der Waals surface area contributed by atoms with Crippen LogP contribution in [0.15, 0.2) is 60.9 Å². The Hall–Kier alpha value is -3.41. The van der Waals surface area contributed by atoms with Crippen molar-refractivity contribution in [1.82, 2.24) is 9.97 Å². The molecule has 2 aromatic carbocycles. The third kappa shape index (κ3) is 3.53. The van der Waals surface area contributed by atoms with Crippen molar-refractivity contribution in [1.29, 1.82) is 0 Å². The fraction of sp³-hybridized carbons (Fsp3) is 0.227. The number of benzene rings is 2. The first kappa shape index (κ1) is 18.0. The number of hydrogen-bond acceptors (Lipinski definition) is 5. The summed E-state index contributed by atoms with van der Waals surface area (Å²) < 4.78 is 5.41. The molecule has 0 saturated carbocycles. The summed E-state index contributed by atoms with van der Waals surface area (Å²) in [6.07, 6.45) is 4.15. The maximum atomic E-state index is 12.5. The highest BCUT2D eigenvalue weighted by Gasteiger charge is 2.27. The lowest BCUT2D eigenvalue weighted by Crippen LogP contribution is -2.25. The van der Waals surface area contributed by atoms with E-state index in [0.29, 0.717) is 18.3 Å². The SMILES string of the molecule is CCOc1ccc(NC(=O)c2cnc(N3c4ccccc4CC3C)cn2)cc1. The minimum absolute atomic E-state index is 0.276. The molecule has 6 heteroatoms. The molecule has 4 rings (SSSR count). The number of aromatic nitrogens is 2. The highest BCUT2D eigenvalue weighted by molar-refractivity contribution is 6.02. The van der Waals surface area contributed by atoms with Crippen molar-refractivity contribution < 1.29 is 9.53 Å². The molecule has 142 valence electrons. The number of hydrogen-bond donors (Lipinski definition) is 1. The van der Waals surface area contributed by atoms with E-state index in [1.54, 1.807) is 18.3 Å². The van der Waals surface area contributed by atoms with Crippen LogP contribution in [0.2, 0.25) is 0 Å². The molecule has 0 bridgehead atoms. The zero-order valence-corrected chi connectivity index (χ0v) is 15.9. The molecule has 1 unspecified atom stereocenters. The number of fused-ring (bicyclic) bond motifs is 1. The number of amides is 1. The Morgan fingerprint density at radius 2 is 1.93 bits per heavy atom. The van der Waals surface area contributed by atoms with Gasteiger partial charge in [-0.1, -0.05) is 18.2 Å². The lowest BCUT2D eigenvalue weighted by Gasteiger charge is -2.23. The largest absolute Gasteiger partial charge is 0.494 e. The predicted octanol–water partition coefficient (Wildman–Crippen LogP) is 4.21. The van der Waals surface area contributed by atoms with E-state index in [1.165, 1.54) is 11.8 Å². The van der Waals surface area contributed by atoms with Gasteiger partial charge in [0, 0.05) is 17.4 Å². The maximum absolute atomic E-state index is 12.5. The van der Waals surface area contributed by atoms with Crippen molar-refractivity contribution in [3.8, 4) is 5.75 Å². The number of nitrogens with zero attached hydrogens (tertiary/aromatic N) is 3. The predicted molar refractivity (Wildman–Crippen MR) is 109 cm³/mol. The Morgan fingerprint density at radius 1 is 1.14 bits per heavy atom. The number of carbonyl (C=O) groups excluding carboxylic acids is 1. The van der Waals surface area contributed by atoms with E-state index in [-0.39, 0.29) is 11.6 Å². The molecule has 28 heavy (non-hydrogen) atoms. The smallest absolute Gasteiger partial charge is 0.275 e. The Morgan fingerprint density at radius 3 is 2.64 bits per heavy atom. The van der Waals surface area contributed by atoms with Gasteiger partial charge in [-0.25, -0.2) is 9.97 Å². The summed E-state index contributed by atoms with van der Waals surface area (Å²) in [7, 11) is 0. The molecule has 3 aromatic rings. The molecule has 1 aliphatic rings. The standard InChI is InChI=1S/C22H22N4O2/c1-3-28-18-10-8-17(9-11-18)25-22(27)19-13-24-21(14-23-19)26-15(2)12-16-6-4-5-7-20(16)26/h4-11,13-15H,3,12H2,1-2H3,(H,25,27). The lowest BCUT2D eigenvalue weighted by atomic mass is 10.1. The molecule has 1 amide bonds. The normalized spacial score (nSPS) is 15.2. The van der Waals surface area contributed by atoms with E-state index in [9.17, 15) is 4.79 Å². The zero-order chi connectivity index (χ0) is 19.5. The fourth-order valence-electron chi connectivity index (χ4n) is 3.47. The summed E-state index contributed by atoms with van der Waals surface area (Å²) in [5.41, 5.74) is 3.41. The summed E-state index contributed by atoms with van der Waals surface area (Å²) in [5.74, 6) is 1.22. The van der Waals surface area contributed by atoms with Gasteiger partial charge in [0.1, 0.15) is 11.4 Å².